The first-order chi connectivity index (χ1) is 11.7. The molecule has 2 aromatic rings. The molecule has 0 aliphatic heterocycles. The van der Waals surface area contributed by atoms with Gasteiger partial charge in [-0.3, -0.25) is 4.79 Å². The summed E-state index contributed by atoms with van der Waals surface area (Å²) in [6, 6.07) is 16.8. The first kappa shape index (κ1) is 17.2. The smallest absolute Gasteiger partial charge is 0.271 e. The Bertz CT molecular complexity index is 732. The molecule has 1 amide bonds. The molecule has 1 N–H and O–H groups in total. The van der Waals surface area contributed by atoms with E-state index in [4.69, 9.17) is 4.74 Å². The van der Waals surface area contributed by atoms with Crippen LogP contribution >= 0.6 is 0 Å². The molecule has 0 aliphatic carbocycles. The Balaban J connectivity index is 1.90. The Morgan fingerprint density at radius 1 is 1.17 bits per heavy atom. The number of carbonyl (C=O) groups is 1. The minimum Gasteiger partial charge on any atom is -0.490 e. The van der Waals surface area contributed by atoms with Crippen LogP contribution in [0, 0.1) is 0 Å². The average molecular weight is 320 g/mol. The molecule has 0 spiro atoms. The number of carbonyl (C=O) groups excluding carboxylic acids is 1. The monoisotopic (exact) mass is 320 g/mol. The highest BCUT2D eigenvalue weighted by atomic mass is 16.5. The van der Waals surface area contributed by atoms with Crippen molar-refractivity contribution >= 4 is 18.2 Å². The minimum absolute atomic E-state index is 0.269. The number of hydrogen-bond acceptors (Lipinski definition) is 3. The van der Waals surface area contributed by atoms with Crippen LogP contribution in [0.5, 0.6) is 5.75 Å². The molecule has 4 heteroatoms. The van der Waals surface area contributed by atoms with Gasteiger partial charge in [0.2, 0.25) is 0 Å². The van der Waals surface area contributed by atoms with E-state index < -0.39 is 0 Å². The lowest BCUT2D eigenvalue weighted by Crippen LogP contribution is -2.17. The van der Waals surface area contributed by atoms with Gasteiger partial charge >= 0.3 is 0 Å². The molecule has 0 aromatic heterocycles. The minimum atomic E-state index is -0.269. The summed E-state index contributed by atoms with van der Waals surface area (Å²) in [5, 5.41) is 3.98. The van der Waals surface area contributed by atoms with Gasteiger partial charge in [-0.05, 0) is 42.3 Å². The summed E-state index contributed by atoms with van der Waals surface area (Å²) >= 11 is 0. The summed E-state index contributed by atoms with van der Waals surface area (Å²) in [4.78, 5) is 12.0. The molecule has 2 rings (SSSR count). The highest BCUT2D eigenvalue weighted by Crippen LogP contribution is 2.12. The Hall–Kier alpha value is -3.14. The molecule has 0 bridgehead atoms. The fourth-order valence-corrected chi connectivity index (χ4v) is 1.96. The lowest BCUT2D eigenvalue weighted by molar-refractivity contribution is 0.0955. The molecule has 24 heavy (non-hydrogen) atoms. The van der Waals surface area contributed by atoms with E-state index in [2.05, 4.69) is 17.1 Å². The van der Waals surface area contributed by atoms with E-state index >= 15 is 0 Å². The number of benzene rings is 2. The lowest BCUT2D eigenvalue weighted by atomic mass is 10.1. The second kappa shape index (κ2) is 9.10. The molecule has 0 atom stereocenters. The molecule has 0 radical (unpaired) electrons. The number of amides is 1. The third kappa shape index (κ3) is 5.57. The fourth-order valence-electron chi connectivity index (χ4n) is 1.96. The van der Waals surface area contributed by atoms with Crippen LogP contribution < -0.4 is 10.2 Å². The zero-order valence-electron chi connectivity index (χ0n) is 13.6. The van der Waals surface area contributed by atoms with Crippen molar-refractivity contribution in [2.24, 2.45) is 5.10 Å². The standard InChI is InChI=1S/C20H20N2O2/c1-3-13-24-19-11-9-18(10-12-19)20(23)22-21-15-16(2)14-17-7-5-4-6-8-17/h3-12,14-15H,1,13H2,2H3,(H,22,23)/b16-14-,21-15+. The molecule has 0 saturated carbocycles. The van der Waals surface area contributed by atoms with Gasteiger partial charge in [0.05, 0.1) is 6.21 Å². The highest BCUT2D eigenvalue weighted by Gasteiger charge is 2.03. The van der Waals surface area contributed by atoms with E-state index in [1.807, 2.05) is 43.3 Å². The maximum atomic E-state index is 12.0. The van der Waals surface area contributed by atoms with Crippen LogP contribution in [0.1, 0.15) is 22.8 Å². The first-order valence-electron chi connectivity index (χ1n) is 7.59. The van der Waals surface area contributed by atoms with Crippen LogP contribution in [0.2, 0.25) is 0 Å². The van der Waals surface area contributed by atoms with Crippen LogP contribution in [0.3, 0.4) is 0 Å². The largest absolute Gasteiger partial charge is 0.490 e. The van der Waals surface area contributed by atoms with Gasteiger partial charge < -0.3 is 4.74 Å². The van der Waals surface area contributed by atoms with Crippen molar-refractivity contribution < 1.29 is 9.53 Å². The zero-order valence-corrected chi connectivity index (χ0v) is 13.6. The predicted octanol–water partition coefficient (Wildman–Crippen LogP) is 4.07. The molecule has 0 aliphatic rings. The maximum absolute atomic E-state index is 12.0. The molecule has 2 aromatic carbocycles. The van der Waals surface area contributed by atoms with Crippen LogP contribution in [0.25, 0.3) is 6.08 Å². The van der Waals surface area contributed by atoms with Gasteiger partial charge in [0.25, 0.3) is 5.91 Å². The van der Waals surface area contributed by atoms with Crippen molar-refractivity contribution in [2.45, 2.75) is 6.92 Å². The molecule has 0 saturated heterocycles. The normalized spacial score (nSPS) is 11.3. The van der Waals surface area contributed by atoms with E-state index in [0.29, 0.717) is 17.9 Å². The van der Waals surface area contributed by atoms with Gasteiger partial charge in [-0.15, -0.1) is 0 Å². The number of ether oxygens (including phenoxy) is 1. The molecule has 122 valence electrons. The summed E-state index contributed by atoms with van der Waals surface area (Å²) in [5.41, 5.74) is 5.05. The van der Waals surface area contributed by atoms with Crippen LogP contribution in [-0.4, -0.2) is 18.7 Å². The fraction of sp³-hybridized carbons (Fsp3) is 0.100. The van der Waals surface area contributed by atoms with E-state index in [-0.39, 0.29) is 5.91 Å². The third-order valence-electron chi connectivity index (χ3n) is 3.11. The van der Waals surface area contributed by atoms with Crippen molar-refractivity contribution in [1.82, 2.24) is 5.43 Å². The van der Waals surface area contributed by atoms with Crippen LogP contribution in [-0.2, 0) is 0 Å². The number of allylic oxidation sites excluding steroid dienone is 1. The topological polar surface area (TPSA) is 50.7 Å². The molecule has 0 heterocycles. The Morgan fingerprint density at radius 2 is 1.88 bits per heavy atom. The van der Waals surface area contributed by atoms with Crippen molar-refractivity contribution in [3.63, 3.8) is 0 Å². The predicted molar refractivity (Wildman–Crippen MR) is 98.2 cm³/mol. The average Bonchev–Trinajstić information content (AvgIpc) is 2.61. The second-order valence-corrected chi connectivity index (χ2v) is 5.12. The quantitative estimate of drug-likeness (QED) is 0.475. The van der Waals surface area contributed by atoms with Gasteiger partial charge in [0, 0.05) is 5.56 Å². The van der Waals surface area contributed by atoms with Crippen molar-refractivity contribution in [3.8, 4) is 5.75 Å². The Kier molecular flexibility index (Phi) is 6.53. The van der Waals surface area contributed by atoms with Gasteiger partial charge in [0.15, 0.2) is 0 Å². The molecular weight excluding hydrogens is 300 g/mol. The molecule has 0 unspecified atom stereocenters. The van der Waals surface area contributed by atoms with Crippen molar-refractivity contribution in [3.05, 3.63) is 84.0 Å². The van der Waals surface area contributed by atoms with E-state index in [1.54, 1.807) is 36.6 Å². The summed E-state index contributed by atoms with van der Waals surface area (Å²) in [6.45, 7) is 5.94. The Labute approximate surface area is 142 Å². The van der Waals surface area contributed by atoms with Gasteiger partial charge in [-0.1, -0.05) is 49.1 Å². The third-order valence-corrected chi connectivity index (χ3v) is 3.11. The van der Waals surface area contributed by atoms with Gasteiger partial charge in [0.1, 0.15) is 12.4 Å². The number of nitrogens with zero attached hydrogens (tertiary/aromatic N) is 1. The van der Waals surface area contributed by atoms with E-state index in [9.17, 15) is 4.79 Å². The Morgan fingerprint density at radius 3 is 2.54 bits per heavy atom. The maximum Gasteiger partial charge on any atom is 0.271 e. The van der Waals surface area contributed by atoms with Crippen molar-refractivity contribution in [2.75, 3.05) is 6.61 Å². The zero-order chi connectivity index (χ0) is 17.2. The van der Waals surface area contributed by atoms with Gasteiger partial charge in [-0.2, -0.15) is 5.10 Å². The molecule has 0 fully saturated rings. The van der Waals surface area contributed by atoms with Gasteiger partial charge in [-0.25, -0.2) is 5.43 Å². The lowest BCUT2D eigenvalue weighted by Gasteiger charge is -2.04. The van der Waals surface area contributed by atoms with E-state index in [1.165, 1.54) is 0 Å². The first-order valence-corrected chi connectivity index (χ1v) is 7.59. The number of nitrogens with one attached hydrogen (secondary N) is 1. The molecule has 4 nitrogen and oxygen atoms in total. The van der Waals surface area contributed by atoms with Crippen LogP contribution in [0.4, 0.5) is 0 Å². The second-order valence-electron chi connectivity index (χ2n) is 5.12. The summed E-state index contributed by atoms with van der Waals surface area (Å²) in [5.74, 6) is 0.422. The number of hydrazone groups is 1. The molecular formula is C20H20N2O2. The summed E-state index contributed by atoms with van der Waals surface area (Å²) < 4.78 is 5.37. The summed E-state index contributed by atoms with van der Waals surface area (Å²) in [6.07, 6.45) is 5.27. The number of rotatable bonds is 7. The number of hydrogen-bond donors (Lipinski definition) is 1. The van der Waals surface area contributed by atoms with E-state index in [0.717, 1.165) is 11.1 Å². The summed E-state index contributed by atoms with van der Waals surface area (Å²) in [7, 11) is 0. The van der Waals surface area contributed by atoms with Crippen molar-refractivity contribution in [1.29, 1.82) is 0 Å². The highest BCUT2D eigenvalue weighted by molar-refractivity contribution is 5.95. The van der Waals surface area contributed by atoms with Crippen LogP contribution in [0.15, 0.2) is 77.9 Å². The SMILES string of the molecule is C=CCOc1ccc(C(=O)N/N=C/C(C)=C\c2ccccc2)cc1.